The van der Waals surface area contributed by atoms with Gasteiger partial charge in [0, 0.05) is 35.9 Å². The Labute approximate surface area is 125 Å². The molecule has 20 heavy (non-hydrogen) atoms. The van der Waals surface area contributed by atoms with E-state index in [1.54, 1.807) is 0 Å². The first kappa shape index (κ1) is 15.3. The summed E-state index contributed by atoms with van der Waals surface area (Å²) in [5, 5.41) is 0.671. The minimum atomic E-state index is -0.0777. The van der Waals surface area contributed by atoms with Crippen molar-refractivity contribution in [2.24, 2.45) is 17.6 Å². The van der Waals surface area contributed by atoms with Crippen molar-refractivity contribution in [1.29, 1.82) is 0 Å². The van der Waals surface area contributed by atoms with Gasteiger partial charge in [0.1, 0.15) is 11.5 Å². The molecule has 0 saturated carbocycles. The maximum Gasteiger partial charge on any atom is 0.141 e. The van der Waals surface area contributed by atoms with Crippen molar-refractivity contribution in [3.05, 3.63) is 28.3 Å². The molecule has 0 radical (unpaired) electrons. The maximum atomic E-state index is 12.4. The molecule has 1 aliphatic rings. The number of Topliss-reactive ketones (excluding diaryl/α,β-unsaturated/α-hetero) is 1. The zero-order valence-corrected chi connectivity index (χ0v) is 12.9. The van der Waals surface area contributed by atoms with Crippen molar-refractivity contribution >= 4 is 17.4 Å². The molecule has 0 amide bonds. The van der Waals surface area contributed by atoms with Gasteiger partial charge in [0.15, 0.2) is 0 Å². The molecule has 1 heterocycles. The molecule has 1 aromatic rings. The Morgan fingerprint density at radius 2 is 2.20 bits per heavy atom. The van der Waals surface area contributed by atoms with E-state index in [9.17, 15) is 4.79 Å². The van der Waals surface area contributed by atoms with E-state index >= 15 is 0 Å². The molecule has 0 bridgehead atoms. The summed E-state index contributed by atoms with van der Waals surface area (Å²) in [6.45, 7) is 5.29. The lowest BCUT2D eigenvalue weighted by Gasteiger charge is -2.17. The third kappa shape index (κ3) is 3.53. The smallest absolute Gasteiger partial charge is 0.141 e. The van der Waals surface area contributed by atoms with Crippen molar-refractivity contribution in [2.45, 2.75) is 33.1 Å². The van der Waals surface area contributed by atoms with Crippen molar-refractivity contribution in [3.63, 3.8) is 0 Å². The van der Waals surface area contributed by atoms with Gasteiger partial charge in [-0.05, 0) is 30.0 Å². The van der Waals surface area contributed by atoms with Gasteiger partial charge in [0.2, 0.25) is 0 Å². The van der Waals surface area contributed by atoms with Gasteiger partial charge in [-0.15, -0.1) is 0 Å². The Kier molecular flexibility index (Phi) is 5.06. The summed E-state index contributed by atoms with van der Waals surface area (Å²) in [5.74, 6) is 1.42. The fraction of sp³-hybridized carbons (Fsp3) is 0.562. The third-order valence-electron chi connectivity index (χ3n) is 3.69. The lowest BCUT2D eigenvalue weighted by molar-refractivity contribution is -0.122. The summed E-state index contributed by atoms with van der Waals surface area (Å²) < 4.78 is 5.64. The molecule has 3 nitrogen and oxygen atoms in total. The van der Waals surface area contributed by atoms with Gasteiger partial charge < -0.3 is 10.5 Å². The molecular formula is C16H22ClNO2. The second-order valence-electron chi connectivity index (χ2n) is 5.86. The van der Waals surface area contributed by atoms with E-state index in [0.717, 1.165) is 29.7 Å². The Morgan fingerprint density at radius 3 is 2.85 bits per heavy atom. The van der Waals surface area contributed by atoms with Crippen LogP contribution in [0.25, 0.3) is 0 Å². The quantitative estimate of drug-likeness (QED) is 0.878. The number of rotatable bonds is 6. The highest BCUT2D eigenvalue weighted by Crippen LogP contribution is 2.33. The molecule has 1 aromatic carbocycles. The minimum absolute atomic E-state index is 0.0777. The Balaban J connectivity index is 2.15. The lowest BCUT2D eigenvalue weighted by atomic mass is 9.89. The van der Waals surface area contributed by atoms with Crippen LogP contribution in [0.1, 0.15) is 31.4 Å². The largest absolute Gasteiger partial charge is 0.493 e. The summed E-state index contributed by atoms with van der Waals surface area (Å²) >= 11 is 6.12. The van der Waals surface area contributed by atoms with E-state index in [2.05, 4.69) is 13.8 Å². The molecule has 0 fully saturated rings. The standard InChI is InChI=1S/C16H22ClNO2/c1-10(2)5-13(9-18)15(19)8-12-7-14(17)6-11-3-4-20-16(11)12/h6-7,10,13H,3-5,8-9,18H2,1-2H3. The van der Waals surface area contributed by atoms with Gasteiger partial charge in [-0.3, -0.25) is 4.79 Å². The summed E-state index contributed by atoms with van der Waals surface area (Å²) in [6.07, 6.45) is 2.06. The predicted molar refractivity (Wildman–Crippen MR) is 81.4 cm³/mol. The average molecular weight is 296 g/mol. The number of ether oxygens (including phenoxy) is 1. The molecule has 110 valence electrons. The number of hydrogen-bond donors (Lipinski definition) is 1. The molecule has 1 aliphatic heterocycles. The number of benzene rings is 1. The van der Waals surface area contributed by atoms with Gasteiger partial charge in [-0.1, -0.05) is 25.4 Å². The molecule has 0 saturated heterocycles. The highest BCUT2D eigenvalue weighted by molar-refractivity contribution is 6.30. The second kappa shape index (κ2) is 6.59. The molecule has 2 rings (SSSR count). The molecule has 0 aromatic heterocycles. The van der Waals surface area contributed by atoms with E-state index in [1.165, 1.54) is 0 Å². The van der Waals surface area contributed by atoms with E-state index in [-0.39, 0.29) is 11.7 Å². The number of hydrogen-bond acceptors (Lipinski definition) is 3. The molecule has 4 heteroatoms. The summed E-state index contributed by atoms with van der Waals surface area (Å²) in [5.41, 5.74) is 7.75. The fourth-order valence-electron chi connectivity index (χ4n) is 2.74. The molecule has 0 spiro atoms. The number of halogens is 1. The van der Waals surface area contributed by atoms with Crippen LogP contribution >= 0.6 is 11.6 Å². The van der Waals surface area contributed by atoms with Gasteiger partial charge in [-0.25, -0.2) is 0 Å². The highest BCUT2D eigenvalue weighted by atomic mass is 35.5. The number of fused-ring (bicyclic) bond motifs is 1. The van der Waals surface area contributed by atoms with Crippen LogP contribution < -0.4 is 10.5 Å². The van der Waals surface area contributed by atoms with Crippen LogP contribution in [0.2, 0.25) is 5.02 Å². The first-order valence-corrected chi connectivity index (χ1v) is 7.56. The van der Waals surface area contributed by atoms with Crippen molar-refractivity contribution in [3.8, 4) is 5.75 Å². The molecule has 0 aliphatic carbocycles. The number of nitrogens with two attached hydrogens (primary N) is 1. The normalized spacial score (nSPS) is 15.1. The van der Waals surface area contributed by atoms with E-state index < -0.39 is 0 Å². The Bertz CT molecular complexity index is 499. The number of carbonyl (C=O) groups is 1. The van der Waals surface area contributed by atoms with Crippen LogP contribution in [0.15, 0.2) is 12.1 Å². The number of ketones is 1. The third-order valence-corrected chi connectivity index (χ3v) is 3.90. The van der Waals surface area contributed by atoms with Gasteiger partial charge >= 0.3 is 0 Å². The van der Waals surface area contributed by atoms with Gasteiger partial charge in [0.05, 0.1) is 6.61 Å². The topological polar surface area (TPSA) is 52.3 Å². The van der Waals surface area contributed by atoms with Crippen LogP contribution in [0.3, 0.4) is 0 Å². The molecular weight excluding hydrogens is 274 g/mol. The van der Waals surface area contributed by atoms with Crippen LogP contribution in [0, 0.1) is 11.8 Å². The molecule has 1 atom stereocenters. The van der Waals surface area contributed by atoms with Crippen molar-refractivity contribution < 1.29 is 9.53 Å². The first-order chi connectivity index (χ1) is 9.51. The van der Waals surface area contributed by atoms with Crippen molar-refractivity contribution in [2.75, 3.05) is 13.2 Å². The summed E-state index contributed by atoms with van der Waals surface area (Å²) in [4.78, 5) is 12.4. The Morgan fingerprint density at radius 1 is 1.45 bits per heavy atom. The average Bonchev–Trinajstić information content (AvgIpc) is 2.83. The first-order valence-electron chi connectivity index (χ1n) is 7.18. The van der Waals surface area contributed by atoms with Crippen LogP contribution in [0.4, 0.5) is 0 Å². The summed E-state index contributed by atoms with van der Waals surface area (Å²) in [7, 11) is 0. The predicted octanol–water partition coefficient (Wildman–Crippen LogP) is 3.01. The zero-order valence-electron chi connectivity index (χ0n) is 12.1. The van der Waals surface area contributed by atoms with Crippen LogP contribution in [-0.2, 0) is 17.6 Å². The fourth-order valence-corrected chi connectivity index (χ4v) is 3.00. The van der Waals surface area contributed by atoms with Gasteiger partial charge in [-0.2, -0.15) is 0 Å². The Hall–Kier alpha value is -1.06. The van der Waals surface area contributed by atoms with Crippen LogP contribution in [0.5, 0.6) is 5.75 Å². The highest BCUT2D eigenvalue weighted by Gasteiger charge is 2.23. The molecule has 2 N–H and O–H groups in total. The monoisotopic (exact) mass is 295 g/mol. The van der Waals surface area contributed by atoms with E-state index in [4.69, 9.17) is 22.1 Å². The molecule has 1 unspecified atom stereocenters. The van der Waals surface area contributed by atoms with Crippen molar-refractivity contribution in [1.82, 2.24) is 0 Å². The van der Waals surface area contributed by atoms with Crippen LogP contribution in [-0.4, -0.2) is 18.9 Å². The second-order valence-corrected chi connectivity index (χ2v) is 6.29. The zero-order chi connectivity index (χ0) is 14.7. The van der Waals surface area contributed by atoms with E-state index in [0.29, 0.717) is 30.5 Å². The number of carbonyl (C=O) groups excluding carboxylic acids is 1. The maximum absolute atomic E-state index is 12.4. The van der Waals surface area contributed by atoms with Gasteiger partial charge in [0.25, 0.3) is 0 Å². The summed E-state index contributed by atoms with van der Waals surface area (Å²) in [6, 6.07) is 3.76. The SMILES string of the molecule is CC(C)CC(CN)C(=O)Cc1cc(Cl)cc2c1OCC2. The lowest BCUT2D eigenvalue weighted by Crippen LogP contribution is -2.26. The van der Waals surface area contributed by atoms with E-state index in [1.807, 2.05) is 12.1 Å². The minimum Gasteiger partial charge on any atom is -0.493 e.